The average Bonchev–Trinajstić information content (AvgIpc) is 2.19. The van der Waals surface area contributed by atoms with E-state index >= 15 is 0 Å². The summed E-state index contributed by atoms with van der Waals surface area (Å²) in [5.41, 5.74) is 1.33. The van der Waals surface area contributed by atoms with Crippen LogP contribution in [0.2, 0.25) is 0 Å². The van der Waals surface area contributed by atoms with Gasteiger partial charge in [-0.3, -0.25) is 0 Å². The van der Waals surface area contributed by atoms with Crippen molar-refractivity contribution in [3.05, 3.63) is 35.9 Å². The lowest BCUT2D eigenvalue weighted by atomic mass is 10.1. The van der Waals surface area contributed by atoms with E-state index in [4.69, 9.17) is 5.11 Å². The van der Waals surface area contributed by atoms with Gasteiger partial charge in [0.25, 0.3) is 0 Å². The highest BCUT2D eigenvalue weighted by Crippen LogP contribution is 1.97. The van der Waals surface area contributed by atoms with Crippen molar-refractivity contribution in [1.82, 2.24) is 5.32 Å². The number of benzene rings is 1. The topological polar surface area (TPSA) is 32.3 Å². The van der Waals surface area contributed by atoms with Gasteiger partial charge in [0.15, 0.2) is 0 Å². The minimum atomic E-state index is 0.271. The summed E-state index contributed by atoms with van der Waals surface area (Å²) in [6.07, 6.45) is 1.88. The zero-order valence-corrected chi connectivity index (χ0v) is 7.79. The Morgan fingerprint density at radius 3 is 2.69 bits per heavy atom. The summed E-state index contributed by atoms with van der Waals surface area (Å²) >= 11 is 0. The Morgan fingerprint density at radius 2 is 2.00 bits per heavy atom. The quantitative estimate of drug-likeness (QED) is 0.637. The van der Waals surface area contributed by atoms with Gasteiger partial charge in [-0.15, -0.1) is 0 Å². The second kappa shape index (κ2) is 6.63. The van der Waals surface area contributed by atoms with E-state index in [9.17, 15) is 0 Å². The number of aliphatic hydroxyl groups excluding tert-OH is 1. The fourth-order valence-corrected chi connectivity index (χ4v) is 1.15. The Labute approximate surface area is 79.6 Å². The lowest BCUT2D eigenvalue weighted by molar-refractivity contribution is 0.286. The predicted octanol–water partition coefficient (Wildman–Crippen LogP) is 1.00. The minimum absolute atomic E-state index is 0.271. The summed E-state index contributed by atoms with van der Waals surface area (Å²) in [6, 6.07) is 11.0. The van der Waals surface area contributed by atoms with Crippen LogP contribution in [0.1, 0.15) is 12.0 Å². The standard InChI is InChI=1S/C11H16NO/c13-10-4-8-12-9-7-11-5-2-1-3-6-11/h2-3,5-6,12-13H,4,7-10H2. The van der Waals surface area contributed by atoms with E-state index < -0.39 is 0 Å². The third kappa shape index (κ3) is 4.65. The maximum Gasteiger partial charge on any atom is 0.0443 e. The molecule has 0 aliphatic carbocycles. The van der Waals surface area contributed by atoms with Gasteiger partial charge in [0.1, 0.15) is 0 Å². The zero-order valence-electron chi connectivity index (χ0n) is 7.79. The van der Waals surface area contributed by atoms with Crippen molar-refractivity contribution >= 4 is 0 Å². The van der Waals surface area contributed by atoms with Crippen LogP contribution in [-0.4, -0.2) is 24.8 Å². The maximum atomic E-state index is 8.54. The van der Waals surface area contributed by atoms with E-state index in [0.717, 1.165) is 25.9 Å². The molecule has 0 bridgehead atoms. The first kappa shape index (κ1) is 10.2. The van der Waals surface area contributed by atoms with Crippen LogP contribution in [-0.2, 0) is 6.42 Å². The fourth-order valence-electron chi connectivity index (χ4n) is 1.15. The van der Waals surface area contributed by atoms with E-state index in [-0.39, 0.29) is 6.61 Å². The molecule has 1 radical (unpaired) electrons. The summed E-state index contributed by atoms with van der Waals surface area (Å²) in [5, 5.41) is 11.8. The largest absolute Gasteiger partial charge is 0.396 e. The van der Waals surface area contributed by atoms with Crippen molar-refractivity contribution in [2.45, 2.75) is 12.8 Å². The number of aliphatic hydroxyl groups is 1. The van der Waals surface area contributed by atoms with E-state index in [0.29, 0.717) is 0 Å². The molecule has 2 heteroatoms. The van der Waals surface area contributed by atoms with E-state index in [1.807, 2.05) is 12.1 Å². The van der Waals surface area contributed by atoms with Crippen LogP contribution >= 0.6 is 0 Å². The Hall–Kier alpha value is -0.860. The van der Waals surface area contributed by atoms with Gasteiger partial charge >= 0.3 is 0 Å². The summed E-state index contributed by atoms with van der Waals surface area (Å²) in [7, 11) is 0. The number of rotatable bonds is 6. The molecule has 2 nitrogen and oxygen atoms in total. The normalized spacial score (nSPS) is 10.2. The molecule has 0 atom stereocenters. The van der Waals surface area contributed by atoms with Gasteiger partial charge in [-0.1, -0.05) is 24.3 Å². The molecule has 1 aromatic carbocycles. The maximum absolute atomic E-state index is 8.54. The summed E-state index contributed by atoms with van der Waals surface area (Å²) < 4.78 is 0. The Bertz CT molecular complexity index is 211. The predicted molar refractivity (Wildman–Crippen MR) is 53.6 cm³/mol. The molecule has 13 heavy (non-hydrogen) atoms. The van der Waals surface area contributed by atoms with Crippen molar-refractivity contribution in [2.24, 2.45) is 0 Å². The van der Waals surface area contributed by atoms with Crippen LogP contribution < -0.4 is 5.32 Å². The van der Waals surface area contributed by atoms with E-state index in [1.165, 1.54) is 5.56 Å². The van der Waals surface area contributed by atoms with Crippen molar-refractivity contribution in [2.75, 3.05) is 19.7 Å². The Balaban J connectivity index is 2.07. The molecule has 1 rings (SSSR count). The van der Waals surface area contributed by atoms with Crippen LogP contribution in [0, 0.1) is 6.07 Å². The molecular weight excluding hydrogens is 162 g/mol. The Kier molecular flexibility index (Phi) is 5.22. The second-order valence-corrected chi connectivity index (χ2v) is 2.99. The second-order valence-electron chi connectivity index (χ2n) is 2.99. The molecule has 0 spiro atoms. The highest BCUT2D eigenvalue weighted by molar-refractivity contribution is 5.13. The van der Waals surface area contributed by atoms with Crippen molar-refractivity contribution in [1.29, 1.82) is 0 Å². The van der Waals surface area contributed by atoms with Gasteiger partial charge in [-0.2, -0.15) is 0 Å². The van der Waals surface area contributed by atoms with E-state index in [1.54, 1.807) is 0 Å². The third-order valence-corrected chi connectivity index (χ3v) is 1.89. The Morgan fingerprint density at radius 1 is 1.23 bits per heavy atom. The molecule has 0 aromatic heterocycles. The molecule has 2 N–H and O–H groups in total. The third-order valence-electron chi connectivity index (χ3n) is 1.89. The number of nitrogens with one attached hydrogen (secondary N) is 1. The van der Waals surface area contributed by atoms with Gasteiger partial charge in [-0.05, 0) is 37.6 Å². The molecule has 0 heterocycles. The fraction of sp³-hybridized carbons (Fsp3) is 0.455. The molecule has 0 saturated heterocycles. The molecule has 71 valence electrons. The number of hydrogen-bond acceptors (Lipinski definition) is 2. The van der Waals surface area contributed by atoms with Crippen LogP contribution in [0.15, 0.2) is 24.3 Å². The van der Waals surface area contributed by atoms with Crippen LogP contribution in [0.5, 0.6) is 0 Å². The molecule has 0 unspecified atom stereocenters. The van der Waals surface area contributed by atoms with E-state index in [2.05, 4.69) is 23.5 Å². The highest BCUT2D eigenvalue weighted by atomic mass is 16.3. The molecule has 0 aliphatic rings. The van der Waals surface area contributed by atoms with Crippen molar-refractivity contribution in [3.8, 4) is 0 Å². The first-order valence-electron chi connectivity index (χ1n) is 4.70. The lowest BCUT2D eigenvalue weighted by Crippen LogP contribution is -2.19. The van der Waals surface area contributed by atoms with Gasteiger partial charge in [0, 0.05) is 6.61 Å². The van der Waals surface area contributed by atoms with Gasteiger partial charge < -0.3 is 10.4 Å². The van der Waals surface area contributed by atoms with Crippen molar-refractivity contribution < 1.29 is 5.11 Å². The molecular formula is C11H16NO. The van der Waals surface area contributed by atoms with Crippen LogP contribution in [0.25, 0.3) is 0 Å². The lowest BCUT2D eigenvalue weighted by Gasteiger charge is -2.02. The smallest absolute Gasteiger partial charge is 0.0443 e. The minimum Gasteiger partial charge on any atom is -0.396 e. The average molecular weight is 178 g/mol. The number of hydrogen-bond donors (Lipinski definition) is 2. The summed E-state index contributed by atoms with van der Waals surface area (Å²) in [5.74, 6) is 0. The van der Waals surface area contributed by atoms with Crippen molar-refractivity contribution in [3.63, 3.8) is 0 Å². The molecule has 0 amide bonds. The first-order chi connectivity index (χ1) is 6.43. The highest BCUT2D eigenvalue weighted by Gasteiger charge is 1.90. The SMILES string of the molecule is OCCCNCCc1cc[c]cc1. The zero-order chi connectivity index (χ0) is 9.36. The molecule has 0 fully saturated rings. The summed E-state index contributed by atoms with van der Waals surface area (Å²) in [6.45, 7) is 2.15. The van der Waals surface area contributed by atoms with Crippen LogP contribution in [0.3, 0.4) is 0 Å². The van der Waals surface area contributed by atoms with Gasteiger partial charge in [-0.25, -0.2) is 0 Å². The van der Waals surface area contributed by atoms with Gasteiger partial charge in [0.2, 0.25) is 0 Å². The summed E-state index contributed by atoms with van der Waals surface area (Å²) in [4.78, 5) is 0. The van der Waals surface area contributed by atoms with Crippen LogP contribution in [0.4, 0.5) is 0 Å². The molecule has 0 saturated carbocycles. The molecule has 0 aliphatic heterocycles. The van der Waals surface area contributed by atoms with Gasteiger partial charge in [0.05, 0.1) is 0 Å². The monoisotopic (exact) mass is 178 g/mol. The first-order valence-corrected chi connectivity index (χ1v) is 4.70. The molecule has 1 aromatic rings.